The first-order valence-corrected chi connectivity index (χ1v) is 13.2. The largest absolute Gasteiger partial charge is 0.492 e. The van der Waals surface area contributed by atoms with Crippen molar-refractivity contribution in [2.45, 2.75) is 50.4 Å². The van der Waals surface area contributed by atoms with Crippen molar-refractivity contribution in [2.75, 3.05) is 26.8 Å². The van der Waals surface area contributed by atoms with Crippen molar-refractivity contribution < 1.29 is 32.2 Å². The number of fused-ring (bicyclic) bond motifs is 3. The number of halogens is 3. The number of carbonyl (C=O) groups excluding carboxylic acids is 1. The molecule has 0 saturated heterocycles. The fourth-order valence-electron chi connectivity index (χ4n) is 5.97. The van der Waals surface area contributed by atoms with E-state index in [1.807, 2.05) is 35.4 Å². The standard InChI is InChI=1S/C30H29F3N2O4/c1-37-29(36)13-19-17-38-28-14-20(4-5-21(19)28)39-27-9-7-22-23(27)6-8-25(30(31,32)33)24(22)16-35-12-10-26-18(15-35)3-2-11-34-26/h2-6,8,14-15,19,27H,7,9-13,16-17H2,1H3/t19-,27-/m1/s1. The van der Waals surface area contributed by atoms with Gasteiger partial charge in [-0.15, -0.1) is 0 Å². The average molecular weight is 539 g/mol. The van der Waals surface area contributed by atoms with E-state index in [1.54, 1.807) is 12.1 Å². The highest BCUT2D eigenvalue weighted by atomic mass is 19.4. The van der Waals surface area contributed by atoms with E-state index in [0.717, 1.165) is 34.4 Å². The van der Waals surface area contributed by atoms with Crippen LogP contribution in [0.4, 0.5) is 13.2 Å². The van der Waals surface area contributed by atoms with Gasteiger partial charge in [0.25, 0.3) is 0 Å². The summed E-state index contributed by atoms with van der Waals surface area (Å²) in [5, 5.41) is 0. The van der Waals surface area contributed by atoms with Gasteiger partial charge in [0.05, 0.1) is 32.2 Å². The van der Waals surface area contributed by atoms with E-state index in [-0.39, 0.29) is 31.0 Å². The molecule has 0 amide bonds. The number of esters is 1. The Morgan fingerprint density at radius 3 is 2.85 bits per heavy atom. The fourth-order valence-corrected chi connectivity index (χ4v) is 5.97. The molecule has 0 fully saturated rings. The number of nitrogens with zero attached hydrogens (tertiary/aromatic N) is 2. The van der Waals surface area contributed by atoms with Crippen molar-refractivity contribution in [1.82, 2.24) is 4.90 Å². The van der Waals surface area contributed by atoms with E-state index in [1.165, 1.54) is 13.2 Å². The molecule has 0 N–H and O–H groups in total. The van der Waals surface area contributed by atoms with Crippen molar-refractivity contribution in [3.63, 3.8) is 0 Å². The number of allylic oxidation sites excluding steroid dienone is 2. The number of alkyl halides is 3. The van der Waals surface area contributed by atoms with Crippen LogP contribution in [0.15, 0.2) is 59.2 Å². The molecule has 9 heteroatoms. The fraction of sp³-hybridized carbons (Fsp3) is 0.400. The number of dihydropyridines is 1. The quantitative estimate of drug-likeness (QED) is 0.428. The SMILES string of the molecule is COC(=O)C[C@@H]1COc2cc(O[C@@H]3CCc4c3ccc(C(F)(F)F)c4CN3C=C4C=CCN=C4CC3)ccc21. The van der Waals surface area contributed by atoms with Crippen LogP contribution in [-0.4, -0.2) is 43.4 Å². The number of carbonyl (C=O) groups is 1. The number of hydrogen-bond donors (Lipinski definition) is 0. The van der Waals surface area contributed by atoms with Gasteiger partial charge >= 0.3 is 12.1 Å². The summed E-state index contributed by atoms with van der Waals surface area (Å²) in [4.78, 5) is 18.2. The van der Waals surface area contributed by atoms with Crippen LogP contribution in [0, 0.1) is 0 Å². The van der Waals surface area contributed by atoms with E-state index in [0.29, 0.717) is 49.6 Å². The second-order valence-electron chi connectivity index (χ2n) is 10.3. The Balaban J connectivity index is 1.25. The summed E-state index contributed by atoms with van der Waals surface area (Å²) < 4.78 is 59.2. The molecular formula is C30H29F3N2O4. The highest BCUT2D eigenvalue weighted by Gasteiger charge is 2.38. The first-order chi connectivity index (χ1) is 18.8. The molecule has 2 atom stereocenters. The van der Waals surface area contributed by atoms with Crippen LogP contribution in [-0.2, 0) is 28.7 Å². The van der Waals surface area contributed by atoms with Gasteiger partial charge in [-0.1, -0.05) is 24.3 Å². The molecular weight excluding hydrogens is 509 g/mol. The Hall–Kier alpha value is -3.75. The van der Waals surface area contributed by atoms with Crippen LogP contribution in [0.2, 0.25) is 0 Å². The van der Waals surface area contributed by atoms with Crippen molar-refractivity contribution in [1.29, 1.82) is 0 Å². The van der Waals surface area contributed by atoms with Crippen LogP contribution in [0.5, 0.6) is 11.5 Å². The van der Waals surface area contributed by atoms with E-state index in [2.05, 4.69) is 4.99 Å². The molecule has 39 heavy (non-hydrogen) atoms. The number of hydrogen-bond acceptors (Lipinski definition) is 6. The molecule has 1 aliphatic carbocycles. The van der Waals surface area contributed by atoms with Gasteiger partial charge in [0.1, 0.15) is 17.6 Å². The predicted molar refractivity (Wildman–Crippen MR) is 139 cm³/mol. The molecule has 3 aliphatic heterocycles. The summed E-state index contributed by atoms with van der Waals surface area (Å²) in [5.41, 5.74) is 4.19. The topological polar surface area (TPSA) is 60.4 Å². The molecule has 0 unspecified atom stereocenters. The zero-order chi connectivity index (χ0) is 27.1. The Labute approximate surface area is 224 Å². The number of rotatable bonds is 6. The maximum absolute atomic E-state index is 14.1. The summed E-state index contributed by atoms with van der Waals surface area (Å²) in [5.74, 6) is 0.875. The van der Waals surface area contributed by atoms with Gasteiger partial charge in [0.15, 0.2) is 0 Å². The zero-order valence-corrected chi connectivity index (χ0v) is 21.6. The van der Waals surface area contributed by atoms with Gasteiger partial charge < -0.3 is 19.1 Å². The Bertz CT molecular complexity index is 1400. The minimum absolute atomic E-state index is 0.0757. The molecule has 2 aromatic carbocycles. The maximum atomic E-state index is 14.1. The molecule has 4 aliphatic rings. The molecule has 3 heterocycles. The predicted octanol–water partition coefficient (Wildman–Crippen LogP) is 5.91. The van der Waals surface area contributed by atoms with E-state index >= 15 is 0 Å². The highest BCUT2D eigenvalue weighted by Crippen LogP contribution is 2.44. The molecule has 6 rings (SSSR count). The van der Waals surface area contributed by atoms with E-state index in [9.17, 15) is 18.0 Å². The molecule has 0 saturated carbocycles. The molecule has 2 aromatic rings. The average Bonchev–Trinajstić information content (AvgIpc) is 3.52. The van der Waals surface area contributed by atoms with Gasteiger partial charge in [-0.05, 0) is 41.7 Å². The van der Waals surface area contributed by atoms with Gasteiger partial charge in [-0.3, -0.25) is 9.79 Å². The van der Waals surface area contributed by atoms with E-state index in [4.69, 9.17) is 14.2 Å². The third kappa shape index (κ3) is 5.02. The Kier molecular flexibility index (Phi) is 6.61. The zero-order valence-electron chi connectivity index (χ0n) is 21.6. The molecule has 0 bridgehead atoms. The molecule has 204 valence electrons. The summed E-state index contributed by atoms with van der Waals surface area (Å²) in [6.45, 7) is 1.86. The van der Waals surface area contributed by atoms with Crippen molar-refractivity contribution >= 4 is 11.7 Å². The number of benzene rings is 2. The third-order valence-corrected chi connectivity index (χ3v) is 7.90. The maximum Gasteiger partial charge on any atom is 0.416 e. The molecule has 0 radical (unpaired) electrons. The second kappa shape index (κ2) is 10.1. The second-order valence-corrected chi connectivity index (χ2v) is 10.3. The lowest BCUT2D eigenvalue weighted by molar-refractivity contribution is -0.141. The van der Waals surface area contributed by atoms with Crippen molar-refractivity contribution in [2.24, 2.45) is 4.99 Å². The number of ether oxygens (including phenoxy) is 3. The Morgan fingerprint density at radius 2 is 2.03 bits per heavy atom. The summed E-state index contributed by atoms with van der Waals surface area (Å²) in [6.07, 6.45) is 3.15. The first kappa shape index (κ1) is 25.5. The lowest BCUT2D eigenvalue weighted by atomic mass is 9.95. The monoisotopic (exact) mass is 538 g/mol. The van der Waals surface area contributed by atoms with Crippen LogP contribution in [0.1, 0.15) is 59.1 Å². The first-order valence-electron chi connectivity index (χ1n) is 13.2. The van der Waals surface area contributed by atoms with Crippen LogP contribution in [0.25, 0.3) is 0 Å². The van der Waals surface area contributed by atoms with Crippen LogP contribution in [0.3, 0.4) is 0 Å². The summed E-state index contributed by atoms with van der Waals surface area (Å²) in [7, 11) is 1.36. The smallest absolute Gasteiger partial charge is 0.416 e. The van der Waals surface area contributed by atoms with Crippen LogP contribution < -0.4 is 9.47 Å². The minimum Gasteiger partial charge on any atom is -0.492 e. The molecule has 6 nitrogen and oxygen atoms in total. The highest BCUT2D eigenvalue weighted by molar-refractivity contribution is 6.03. The van der Waals surface area contributed by atoms with Gasteiger partial charge in [0.2, 0.25) is 0 Å². The lowest BCUT2D eigenvalue weighted by Crippen LogP contribution is -2.29. The number of aliphatic imine (C=N–C) groups is 1. The Morgan fingerprint density at radius 1 is 1.18 bits per heavy atom. The minimum atomic E-state index is -4.44. The third-order valence-electron chi connectivity index (χ3n) is 7.90. The summed E-state index contributed by atoms with van der Waals surface area (Å²) >= 11 is 0. The molecule has 0 aromatic heterocycles. The van der Waals surface area contributed by atoms with Gasteiger partial charge in [0, 0.05) is 54.5 Å². The van der Waals surface area contributed by atoms with Crippen molar-refractivity contribution in [3.8, 4) is 11.5 Å². The van der Waals surface area contributed by atoms with E-state index < -0.39 is 11.7 Å². The van der Waals surface area contributed by atoms with Crippen LogP contribution >= 0.6 is 0 Å². The van der Waals surface area contributed by atoms with Gasteiger partial charge in [-0.2, -0.15) is 13.2 Å². The number of methoxy groups -OCH3 is 1. The van der Waals surface area contributed by atoms with Crippen molar-refractivity contribution in [3.05, 3.63) is 82.1 Å². The molecule has 0 spiro atoms. The lowest BCUT2D eigenvalue weighted by Gasteiger charge is -2.30. The normalized spacial score (nSPS) is 21.4. The summed E-state index contributed by atoms with van der Waals surface area (Å²) in [6, 6.07) is 8.28. The van der Waals surface area contributed by atoms with Gasteiger partial charge in [-0.25, -0.2) is 0 Å².